The maximum atomic E-state index is 12.6. The van der Waals surface area contributed by atoms with Gasteiger partial charge in [0.1, 0.15) is 11.6 Å². The summed E-state index contributed by atoms with van der Waals surface area (Å²) in [6, 6.07) is 2.52. The van der Waals surface area contributed by atoms with Gasteiger partial charge >= 0.3 is 6.09 Å². The summed E-state index contributed by atoms with van der Waals surface area (Å²) in [7, 11) is 0. The van der Waals surface area contributed by atoms with Crippen molar-refractivity contribution in [3.8, 4) is 0 Å². The van der Waals surface area contributed by atoms with Gasteiger partial charge in [0, 0.05) is 6.07 Å². The van der Waals surface area contributed by atoms with Gasteiger partial charge in [-0.3, -0.25) is 5.32 Å². The number of nitrogens with one attached hydrogen (secondary N) is 1. The molecule has 1 aromatic rings. The minimum Gasteiger partial charge on any atom is -0.465 e. The fourth-order valence-electron chi connectivity index (χ4n) is 0.708. The van der Waals surface area contributed by atoms with Gasteiger partial charge in [0.15, 0.2) is 0 Å². The average molecular weight is 173 g/mol. The first-order valence-corrected chi connectivity index (χ1v) is 3.04. The molecule has 0 saturated heterocycles. The van der Waals surface area contributed by atoms with E-state index in [0.717, 1.165) is 18.2 Å². The fraction of sp³-hybridized carbons (Fsp3) is 0. The van der Waals surface area contributed by atoms with Crippen molar-refractivity contribution in [2.45, 2.75) is 0 Å². The van der Waals surface area contributed by atoms with E-state index in [1.54, 1.807) is 5.32 Å². The largest absolute Gasteiger partial charge is 0.465 e. The van der Waals surface area contributed by atoms with Crippen LogP contribution in [0.5, 0.6) is 0 Å². The van der Waals surface area contributed by atoms with Crippen LogP contribution >= 0.6 is 0 Å². The molecular weight excluding hydrogens is 168 g/mol. The van der Waals surface area contributed by atoms with E-state index in [1.165, 1.54) is 0 Å². The third-order valence-corrected chi connectivity index (χ3v) is 1.17. The van der Waals surface area contributed by atoms with E-state index in [4.69, 9.17) is 5.11 Å². The van der Waals surface area contributed by atoms with Crippen molar-refractivity contribution < 1.29 is 18.7 Å². The maximum absolute atomic E-state index is 12.6. The number of rotatable bonds is 1. The molecule has 0 bridgehead atoms. The Labute approximate surface area is 66.6 Å². The van der Waals surface area contributed by atoms with E-state index in [1.807, 2.05) is 0 Å². The zero-order valence-electron chi connectivity index (χ0n) is 5.84. The second-order valence-electron chi connectivity index (χ2n) is 2.05. The van der Waals surface area contributed by atoms with Gasteiger partial charge in [-0.1, -0.05) is 0 Å². The normalized spacial score (nSPS) is 9.50. The molecule has 0 aromatic heterocycles. The van der Waals surface area contributed by atoms with E-state index in [9.17, 15) is 13.6 Å². The number of hydrogen-bond donors (Lipinski definition) is 2. The molecule has 2 N–H and O–H groups in total. The third kappa shape index (κ3) is 1.91. The number of carbonyl (C=O) groups is 1. The van der Waals surface area contributed by atoms with Gasteiger partial charge in [-0.2, -0.15) is 0 Å². The molecule has 64 valence electrons. The van der Waals surface area contributed by atoms with Gasteiger partial charge in [-0.15, -0.1) is 0 Å². The summed E-state index contributed by atoms with van der Waals surface area (Å²) >= 11 is 0. The van der Waals surface area contributed by atoms with Crippen molar-refractivity contribution >= 4 is 11.8 Å². The van der Waals surface area contributed by atoms with E-state index in [-0.39, 0.29) is 5.69 Å². The van der Waals surface area contributed by atoms with Crippen LogP contribution in [0.15, 0.2) is 18.2 Å². The predicted octanol–water partition coefficient (Wildman–Crippen LogP) is 2.05. The Hall–Kier alpha value is -1.65. The molecule has 0 unspecified atom stereocenters. The molecule has 1 aromatic carbocycles. The summed E-state index contributed by atoms with van der Waals surface area (Å²) in [5.74, 6) is -1.50. The molecule has 3 nitrogen and oxygen atoms in total. The fourth-order valence-corrected chi connectivity index (χ4v) is 0.708. The smallest absolute Gasteiger partial charge is 0.409 e. The van der Waals surface area contributed by atoms with Crippen molar-refractivity contribution in [1.29, 1.82) is 0 Å². The zero-order valence-corrected chi connectivity index (χ0v) is 5.84. The summed E-state index contributed by atoms with van der Waals surface area (Å²) < 4.78 is 25.0. The minimum absolute atomic E-state index is 0.387. The lowest BCUT2D eigenvalue weighted by molar-refractivity contribution is 0.209. The molecule has 1 amide bonds. The molecule has 0 aliphatic rings. The molecule has 5 heteroatoms. The molecule has 0 saturated carbocycles. The van der Waals surface area contributed by atoms with Gasteiger partial charge in [-0.05, 0) is 12.1 Å². The first kappa shape index (κ1) is 8.45. The summed E-state index contributed by atoms with van der Waals surface area (Å²) in [4.78, 5) is 10.0. The van der Waals surface area contributed by atoms with Crippen molar-refractivity contribution in [3.63, 3.8) is 0 Å². The number of halogens is 2. The molecule has 0 aliphatic carbocycles. The lowest BCUT2D eigenvalue weighted by Gasteiger charge is -2.01. The van der Waals surface area contributed by atoms with E-state index in [2.05, 4.69) is 0 Å². The standard InChI is InChI=1S/C7H5F2NO2/c8-4-1-2-5(9)6(3-4)10-7(11)12/h1-3,10H,(H,11,12). The summed E-state index contributed by atoms with van der Waals surface area (Å²) in [5.41, 5.74) is -0.387. The predicted molar refractivity (Wildman–Crippen MR) is 38.0 cm³/mol. The molecule has 0 atom stereocenters. The summed E-state index contributed by atoms with van der Waals surface area (Å²) in [5, 5.41) is 9.90. The van der Waals surface area contributed by atoms with Crippen LogP contribution in [-0.4, -0.2) is 11.2 Å². The SMILES string of the molecule is O=C(O)Nc1cc(F)ccc1F. The molecular formula is C7H5F2NO2. The van der Waals surface area contributed by atoms with Crippen LogP contribution in [0, 0.1) is 11.6 Å². The molecule has 0 heterocycles. The van der Waals surface area contributed by atoms with Crippen LogP contribution < -0.4 is 5.32 Å². The van der Waals surface area contributed by atoms with Gasteiger partial charge in [0.05, 0.1) is 5.69 Å². The zero-order chi connectivity index (χ0) is 9.14. The van der Waals surface area contributed by atoms with Crippen molar-refractivity contribution in [2.24, 2.45) is 0 Å². The van der Waals surface area contributed by atoms with E-state index in [0.29, 0.717) is 0 Å². The van der Waals surface area contributed by atoms with Gasteiger partial charge in [0.25, 0.3) is 0 Å². The van der Waals surface area contributed by atoms with Gasteiger partial charge < -0.3 is 5.11 Å². The number of benzene rings is 1. The number of anilines is 1. The summed E-state index contributed by atoms with van der Waals surface area (Å²) in [6.07, 6.45) is -1.43. The molecule has 0 spiro atoms. The second-order valence-corrected chi connectivity index (χ2v) is 2.05. The second kappa shape index (κ2) is 3.17. The first-order chi connectivity index (χ1) is 5.59. The van der Waals surface area contributed by atoms with Crippen molar-refractivity contribution in [2.75, 3.05) is 5.32 Å². The van der Waals surface area contributed by atoms with Crippen LogP contribution in [0.25, 0.3) is 0 Å². The quantitative estimate of drug-likeness (QED) is 0.682. The van der Waals surface area contributed by atoms with E-state index < -0.39 is 17.7 Å². The van der Waals surface area contributed by atoms with Gasteiger partial charge in [0.2, 0.25) is 0 Å². The maximum Gasteiger partial charge on any atom is 0.409 e. The Morgan fingerprint density at radius 2 is 2.08 bits per heavy atom. The third-order valence-electron chi connectivity index (χ3n) is 1.17. The first-order valence-electron chi connectivity index (χ1n) is 3.04. The molecule has 1 rings (SSSR count). The Kier molecular flexibility index (Phi) is 2.23. The minimum atomic E-state index is -1.43. The Morgan fingerprint density at radius 3 is 2.67 bits per heavy atom. The van der Waals surface area contributed by atoms with Crippen LogP contribution in [0.4, 0.5) is 19.3 Å². The lowest BCUT2D eigenvalue weighted by Crippen LogP contribution is -2.08. The van der Waals surface area contributed by atoms with Crippen LogP contribution in [0.1, 0.15) is 0 Å². The number of hydrogen-bond acceptors (Lipinski definition) is 1. The molecule has 0 fully saturated rings. The number of carboxylic acid groups (broad SMARTS) is 1. The highest BCUT2D eigenvalue weighted by atomic mass is 19.1. The van der Waals surface area contributed by atoms with E-state index >= 15 is 0 Å². The van der Waals surface area contributed by atoms with Crippen molar-refractivity contribution in [1.82, 2.24) is 0 Å². The van der Waals surface area contributed by atoms with Crippen LogP contribution in [0.2, 0.25) is 0 Å². The molecule has 0 aliphatic heterocycles. The van der Waals surface area contributed by atoms with Crippen LogP contribution in [-0.2, 0) is 0 Å². The topological polar surface area (TPSA) is 49.3 Å². The summed E-state index contributed by atoms with van der Waals surface area (Å²) in [6.45, 7) is 0. The highest BCUT2D eigenvalue weighted by Crippen LogP contribution is 2.14. The monoisotopic (exact) mass is 173 g/mol. The lowest BCUT2D eigenvalue weighted by atomic mass is 10.3. The average Bonchev–Trinajstić information content (AvgIpc) is 1.96. The van der Waals surface area contributed by atoms with Gasteiger partial charge in [-0.25, -0.2) is 13.6 Å². The van der Waals surface area contributed by atoms with Crippen LogP contribution in [0.3, 0.4) is 0 Å². The highest BCUT2D eigenvalue weighted by Gasteiger charge is 2.05. The van der Waals surface area contributed by atoms with Crippen molar-refractivity contribution in [3.05, 3.63) is 29.8 Å². The Balaban J connectivity index is 2.97. The molecule has 12 heavy (non-hydrogen) atoms. The Morgan fingerprint density at radius 1 is 1.42 bits per heavy atom. The Bertz CT molecular complexity index is 314. The molecule has 0 radical (unpaired) electrons. The number of amides is 1. The highest BCUT2D eigenvalue weighted by molar-refractivity contribution is 5.82.